The minimum atomic E-state index is 0.363. The average Bonchev–Trinajstić information content (AvgIpc) is 2.87. The Kier molecular flexibility index (Phi) is 5.60. The second kappa shape index (κ2) is 7.22. The van der Waals surface area contributed by atoms with Crippen LogP contribution in [0.15, 0.2) is 22.9 Å². The first-order chi connectivity index (χ1) is 8.78. The normalized spacial score (nSPS) is 18.1. The fourth-order valence-electron chi connectivity index (χ4n) is 2.83. The average molecular weight is 312 g/mol. The van der Waals surface area contributed by atoms with E-state index in [-0.39, 0.29) is 0 Å². The minimum absolute atomic E-state index is 0.363. The maximum atomic E-state index is 5.66. The third-order valence-corrected chi connectivity index (χ3v) is 4.31. The van der Waals surface area contributed by atoms with Gasteiger partial charge in [0.15, 0.2) is 0 Å². The van der Waals surface area contributed by atoms with Gasteiger partial charge in [-0.15, -0.1) is 0 Å². The number of nitrogens with two attached hydrogens (primary N) is 1. The molecule has 1 aromatic rings. The maximum Gasteiger partial charge on any atom is 0.0410 e. The molecule has 0 bridgehead atoms. The van der Waals surface area contributed by atoms with E-state index < -0.39 is 0 Å². The molecule has 4 heteroatoms. The van der Waals surface area contributed by atoms with Crippen LogP contribution in [0.2, 0.25) is 0 Å². The summed E-state index contributed by atoms with van der Waals surface area (Å²) in [6.07, 6.45) is 12.8. The molecule has 0 amide bonds. The van der Waals surface area contributed by atoms with E-state index in [2.05, 4.69) is 32.4 Å². The van der Waals surface area contributed by atoms with E-state index in [1.54, 1.807) is 0 Å². The monoisotopic (exact) mass is 311 g/mol. The van der Waals surface area contributed by atoms with Gasteiger partial charge in [-0.2, -0.15) is 0 Å². The van der Waals surface area contributed by atoms with Crippen molar-refractivity contribution in [1.82, 2.24) is 10.4 Å². The van der Waals surface area contributed by atoms with Gasteiger partial charge in [-0.25, -0.2) is 0 Å². The number of hydrazine groups is 1. The third-order valence-electron chi connectivity index (χ3n) is 3.88. The highest BCUT2D eigenvalue weighted by Crippen LogP contribution is 2.29. The summed E-state index contributed by atoms with van der Waals surface area (Å²) in [5, 5.41) is 0. The van der Waals surface area contributed by atoms with E-state index in [1.165, 1.54) is 37.7 Å². The van der Waals surface area contributed by atoms with Crippen molar-refractivity contribution in [3.8, 4) is 0 Å². The van der Waals surface area contributed by atoms with Crippen LogP contribution in [0.1, 0.15) is 44.1 Å². The van der Waals surface area contributed by atoms with Crippen LogP contribution < -0.4 is 11.3 Å². The molecule has 0 radical (unpaired) electrons. The molecule has 1 aliphatic rings. The zero-order chi connectivity index (χ0) is 12.8. The maximum absolute atomic E-state index is 5.66. The molecule has 0 aliphatic heterocycles. The molecule has 1 aliphatic carbocycles. The number of halogens is 1. The molecule has 1 atom stereocenters. The number of hydrogen-bond acceptors (Lipinski definition) is 3. The molecule has 1 unspecified atom stereocenters. The molecule has 0 aromatic carbocycles. The van der Waals surface area contributed by atoms with Crippen molar-refractivity contribution in [2.75, 3.05) is 0 Å². The molecule has 1 saturated carbocycles. The lowest BCUT2D eigenvalue weighted by Gasteiger charge is -2.18. The number of aromatic nitrogens is 1. The lowest BCUT2D eigenvalue weighted by molar-refractivity contribution is 0.407. The summed E-state index contributed by atoms with van der Waals surface area (Å²) >= 11 is 3.45. The standard InChI is InChI=1S/C14H22BrN3/c15-13-7-12(9-17-10-13)8-14(18-16)6-5-11-3-1-2-4-11/h7,9-11,14,18H,1-6,8,16H2. The van der Waals surface area contributed by atoms with Crippen molar-refractivity contribution in [3.05, 3.63) is 28.5 Å². The second-order valence-corrected chi connectivity index (χ2v) is 6.22. The van der Waals surface area contributed by atoms with Gasteiger partial charge in [0.2, 0.25) is 0 Å². The van der Waals surface area contributed by atoms with Gasteiger partial charge in [-0.1, -0.05) is 25.7 Å². The molecule has 0 spiro atoms. The van der Waals surface area contributed by atoms with Crippen molar-refractivity contribution in [2.45, 2.75) is 51.0 Å². The Morgan fingerprint density at radius 1 is 1.39 bits per heavy atom. The van der Waals surface area contributed by atoms with Crippen LogP contribution in [0.4, 0.5) is 0 Å². The first-order valence-corrected chi connectivity index (χ1v) is 7.63. The molecule has 1 aromatic heterocycles. The van der Waals surface area contributed by atoms with E-state index in [4.69, 9.17) is 5.84 Å². The van der Waals surface area contributed by atoms with Gasteiger partial charge < -0.3 is 0 Å². The van der Waals surface area contributed by atoms with E-state index in [0.717, 1.165) is 23.2 Å². The Labute approximate surface area is 118 Å². The van der Waals surface area contributed by atoms with Crippen molar-refractivity contribution in [2.24, 2.45) is 11.8 Å². The predicted octanol–water partition coefficient (Wildman–Crippen LogP) is 3.19. The van der Waals surface area contributed by atoms with E-state index in [1.807, 2.05) is 12.4 Å². The molecule has 3 N–H and O–H groups in total. The highest BCUT2D eigenvalue weighted by Gasteiger charge is 2.17. The number of pyridine rings is 1. The summed E-state index contributed by atoms with van der Waals surface area (Å²) in [4.78, 5) is 4.19. The lowest BCUT2D eigenvalue weighted by atomic mass is 9.96. The van der Waals surface area contributed by atoms with Crippen molar-refractivity contribution in [3.63, 3.8) is 0 Å². The van der Waals surface area contributed by atoms with Gasteiger partial charge >= 0.3 is 0 Å². The highest BCUT2D eigenvalue weighted by atomic mass is 79.9. The molecule has 18 heavy (non-hydrogen) atoms. The molecule has 1 fully saturated rings. The zero-order valence-corrected chi connectivity index (χ0v) is 12.3. The Morgan fingerprint density at radius 2 is 2.17 bits per heavy atom. The number of nitrogens with zero attached hydrogens (tertiary/aromatic N) is 1. The van der Waals surface area contributed by atoms with Gasteiger partial charge in [-0.05, 0) is 52.7 Å². The summed E-state index contributed by atoms with van der Waals surface area (Å²) in [5.41, 5.74) is 4.19. The number of rotatable bonds is 6. The fraction of sp³-hybridized carbons (Fsp3) is 0.643. The Balaban J connectivity index is 1.81. The molecule has 0 saturated heterocycles. The van der Waals surface area contributed by atoms with Crippen LogP contribution in [-0.4, -0.2) is 11.0 Å². The number of nitrogens with one attached hydrogen (secondary N) is 1. The quantitative estimate of drug-likeness (QED) is 0.626. The van der Waals surface area contributed by atoms with Gasteiger partial charge in [-0.3, -0.25) is 16.3 Å². The van der Waals surface area contributed by atoms with Crippen LogP contribution >= 0.6 is 15.9 Å². The van der Waals surface area contributed by atoms with Gasteiger partial charge in [0.05, 0.1) is 0 Å². The largest absolute Gasteiger partial charge is 0.271 e. The van der Waals surface area contributed by atoms with Crippen LogP contribution in [-0.2, 0) is 6.42 Å². The fourth-order valence-corrected chi connectivity index (χ4v) is 3.24. The van der Waals surface area contributed by atoms with Gasteiger partial charge in [0, 0.05) is 22.9 Å². The summed E-state index contributed by atoms with van der Waals surface area (Å²) in [6.45, 7) is 0. The topological polar surface area (TPSA) is 50.9 Å². The summed E-state index contributed by atoms with van der Waals surface area (Å²) in [6, 6.07) is 2.48. The number of hydrogen-bond donors (Lipinski definition) is 2. The van der Waals surface area contributed by atoms with Crippen molar-refractivity contribution in [1.29, 1.82) is 0 Å². The van der Waals surface area contributed by atoms with E-state index in [0.29, 0.717) is 6.04 Å². The SMILES string of the molecule is NNC(CCC1CCCC1)Cc1cncc(Br)c1. The zero-order valence-electron chi connectivity index (χ0n) is 10.7. The molecule has 2 rings (SSSR count). The highest BCUT2D eigenvalue weighted by molar-refractivity contribution is 9.10. The Bertz CT molecular complexity index is 364. The van der Waals surface area contributed by atoms with E-state index >= 15 is 0 Å². The first-order valence-electron chi connectivity index (χ1n) is 6.83. The second-order valence-electron chi connectivity index (χ2n) is 5.31. The molecular formula is C14H22BrN3. The third kappa shape index (κ3) is 4.34. The lowest BCUT2D eigenvalue weighted by Crippen LogP contribution is -2.37. The first kappa shape index (κ1) is 14.0. The smallest absolute Gasteiger partial charge is 0.0410 e. The molecule has 3 nitrogen and oxygen atoms in total. The van der Waals surface area contributed by atoms with Gasteiger partial charge in [0.25, 0.3) is 0 Å². The summed E-state index contributed by atoms with van der Waals surface area (Å²) in [7, 11) is 0. The minimum Gasteiger partial charge on any atom is -0.271 e. The van der Waals surface area contributed by atoms with Crippen LogP contribution in [0.3, 0.4) is 0 Å². The molecule has 1 heterocycles. The van der Waals surface area contributed by atoms with Gasteiger partial charge in [0.1, 0.15) is 0 Å². The predicted molar refractivity (Wildman–Crippen MR) is 77.9 cm³/mol. The van der Waals surface area contributed by atoms with Crippen LogP contribution in [0.5, 0.6) is 0 Å². The van der Waals surface area contributed by atoms with Crippen molar-refractivity contribution >= 4 is 15.9 Å². The summed E-state index contributed by atoms with van der Waals surface area (Å²) in [5.74, 6) is 6.59. The van der Waals surface area contributed by atoms with Crippen molar-refractivity contribution < 1.29 is 0 Å². The Hall–Kier alpha value is -0.450. The van der Waals surface area contributed by atoms with Crippen LogP contribution in [0.25, 0.3) is 0 Å². The molecular weight excluding hydrogens is 290 g/mol. The Morgan fingerprint density at radius 3 is 2.83 bits per heavy atom. The van der Waals surface area contributed by atoms with E-state index in [9.17, 15) is 0 Å². The molecule has 100 valence electrons. The summed E-state index contributed by atoms with van der Waals surface area (Å²) < 4.78 is 1.03. The van der Waals surface area contributed by atoms with Crippen LogP contribution in [0, 0.1) is 5.92 Å².